The molecule has 0 amide bonds. The molecule has 0 bridgehead atoms. The molecule has 1 aromatic carbocycles. The highest BCUT2D eigenvalue weighted by molar-refractivity contribution is 5.74. The van der Waals surface area contributed by atoms with Crippen LogP contribution in [0.2, 0.25) is 0 Å². The summed E-state index contributed by atoms with van der Waals surface area (Å²) in [5, 5.41) is 0. The summed E-state index contributed by atoms with van der Waals surface area (Å²) in [6.07, 6.45) is 2.62. The molecular weight excluding hydrogens is 204 g/mol. The summed E-state index contributed by atoms with van der Waals surface area (Å²) in [6, 6.07) is 7.98. The van der Waals surface area contributed by atoms with Gasteiger partial charge in [0.2, 0.25) is 0 Å². The number of hydrogen-bond acceptors (Lipinski definition) is 3. The fourth-order valence-corrected chi connectivity index (χ4v) is 1.64. The number of esters is 1. The van der Waals surface area contributed by atoms with Crippen molar-refractivity contribution in [2.24, 2.45) is 0 Å². The zero-order valence-corrected chi connectivity index (χ0v) is 9.22. The molecule has 0 spiro atoms. The number of carbonyl (C=O) groups is 1. The molecule has 1 aromatic heterocycles. The molecule has 0 aliphatic carbocycles. The minimum absolute atomic E-state index is 0.226. The van der Waals surface area contributed by atoms with Crippen molar-refractivity contribution < 1.29 is 9.53 Å². The fourth-order valence-electron chi connectivity index (χ4n) is 1.64. The topological polar surface area (TPSA) is 44.1 Å². The van der Waals surface area contributed by atoms with Crippen molar-refractivity contribution in [1.29, 1.82) is 0 Å². The van der Waals surface area contributed by atoms with E-state index in [2.05, 4.69) is 9.55 Å². The Labute approximate surface area is 93.9 Å². The number of imidazole rings is 1. The summed E-state index contributed by atoms with van der Waals surface area (Å²) in [4.78, 5) is 14.9. The zero-order chi connectivity index (χ0) is 11.4. The van der Waals surface area contributed by atoms with Crippen molar-refractivity contribution in [1.82, 2.24) is 9.55 Å². The van der Waals surface area contributed by atoms with Gasteiger partial charge in [-0.25, -0.2) is 4.98 Å². The lowest BCUT2D eigenvalue weighted by Gasteiger charge is -2.04. The normalized spacial score (nSPS) is 10.6. The number of para-hydroxylation sites is 2. The third kappa shape index (κ3) is 2.39. The van der Waals surface area contributed by atoms with Crippen LogP contribution in [0.5, 0.6) is 0 Å². The number of ether oxygens (including phenoxy) is 1. The molecule has 0 fully saturated rings. The molecule has 0 aliphatic heterocycles. The van der Waals surface area contributed by atoms with Gasteiger partial charge in [-0.3, -0.25) is 4.79 Å². The maximum absolute atomic E-state index is 10.6. The first-order chi connectivity index (χ1) is 7.77. The standard InChI is InChI=1S/C12H14N2O2/c1-10(15)16-8-4-7-14-9-13-11-5-2-3-6-12(11)14/h2-3,5-6,9H,4,7-8H2,1H3. The van der Waals surface area contributed by atoms with E-state index in [-0.39, 0.29) is 5.97 Å². The maximum atomic E-state index is 10.6. The molecule has 0 saturated carbocycles. The molecule has 4 heteroatoms. The number of aryl methyl sites for hydroxylation is 1. The lowest BCUT2D eigenvalue weighted by Crippen LogP contribution is -2.04. The Morgan fingerprint density at radius 1 is 1.44 bits per heavy atom. The Hall–Kier alpha value is -1.84. The molecule has 84 valence electrons. The van der Waals surface area contributed by atoms with Crippen LogP contribution in [0.25, 0.3) is 11.0 Å². The van der Waals surface area contributed by atoms with Crippen LogP contribution in [0.1, 0.15) is 13.3 Å². The molecule has 0 unspecified atom stereocenters. The first kappa shape index (κ1) is 10.7. The summed E-state index contributed by atoms with van der Waals surface area (Å²) >= 11 is 0. The van der Waals surface area contributed by atoms with E-state index in [1.54, 1.807) is 0 Å². The third-order valence-corrected chi connectivity index (χ3v) is 2.38. The van der Waals surface area contributed by atoms with E-state index in [9.17, 15) is 4.79 Å². The molecule has 0 saturated heterocycles. The first-order valence-corrected chi connectivity index (χ1v) is 5.30. The van der Waals surface area contributed by atoms with Crippen LogP contribution in [-0.2, 0) is 16.1 Å². The predicted octanol–water partition coefficient (Wildman–Crippen LogP) is 1.99. The number of rotatable bonds is 4. The second-order valence-corrected chi connectivity index (χ2v) is 3.62. The van der Waals surface area contributed by atoms with E-state index in [1.807, 2.05) is 30.6 Å². The zero-order valence-electron chi connectivity index (χ0n) is 9.22. The van der Waals surface area contributed by atoms with Crippen molar-refractivity contribution in [2.75, 3.05) is 6.61 Å². The summed E-state index contributed by atoms with van der Waals surface area (Å²) < 4.78 is 6.95. The van der Waals surface area contributed by atoms with Crippen molar-refractivity contribution in [2.45, 2.75) is 19.9 Å². The van der Waals surface area contributed by atoms with Gasteiger partial charge in [-0.05, 0) is 18.6 Å². The van der Waals surface area contributed by atoms with Crippen molar-refractivity contribution in [3.05, 3.63) is 30.6 Å². The number of benzene rings is 1. The fraction of sp³-hybridized carbons (Fsp3) is 0.333. The van der Waals surface area contributed by atoms with Crippen molar-refractivity contribution in [3.63, 3.8) is 0 Å². The van der Waals surface area contributed by atoms with Crippen LogP contribution in [0.4, 0.5) is 0 Å². The average Bonchev–Trinajstić information content (AvgIpc) is 2.68. The van der Waals surface area contributed by atoms with Gasteiger partial charge in [0.15, 0.2) is 0 Å². The van der Waals surface area contributed by atoms with Crippen LogP contribution in [0, 0.1) is 0 Å². The molecule has 0 N–H and O–H groups in total. The Morgan fingerprint density at radius 3 is 3.06 bits per heavy atom. The number of aromatic nitrogens is 2. The highest BCUT2D eigenvalue weighted by Gasteiger charge is 2.01. The van der Waals surface area contributed by atoms with E-state index < -0.39 is 0 Å². The van der Waals surface area contributed by atoms with Gasteiger partial charge in [0.25, 0.3) is 0 Å². The Morgan fingerprint density at radius 2 is 2.25 bits per heavy atom. The Kier molecular flexibility index (Phi) is 3.19. The van der Waals surface area contributed by atoms with Gasteiger partial charge < -0.3 is 9.30 Å². The van der Waals surface area contributed by atoms with Gasteiger partial charge in [-0.15, -0.1) is 0 Å². The minimum Gasteiger partial charge on any atom is -0.466 e. The van der Waals surface area contributed by atoms with Gasteiger partial charge in [0.05, 0.1) is 24.0 Å². The van der Waals surface area contributed by atoms with Crippen LogP contribution in [0.3, 0.4) is 0 Å². The van der Waals surface area contributed by atoms with Crippen molar-refractivity contribution in [3.8, 4) is 0 Å². The Bertz CT molecular complexity index is 490. The molecule has 2 aromatic rings. The molecule has 0 radical (unpaired) electrons. The second-order valence-electron chi connectivity index (χ2n) is 3.62. The quantitative estimate of drug-likeness (QED) is 0.582. The third-order valence-electron chi connectivity index (χ3n) is 2.38. The van der Waals surface area contributed by atoms with Gasteiger partial charge in [0.1, 0.15) is 0 Å². The van der Waals surface area contributed by atoms with Crippen LogP contribution in [-0.4, -0.2) is 22.1 Å². The highest BCUT2D eigenvalue weighted by Crippen LogP contribution is 2.11. The largest absolute Gasteiger partial charge is 0.466 e. The van der Waals surface area contributed by atoms with Gasteiger partial charge in [-0.2, -0.15) is 0 Å². The Balaban J connectivity index is 1.97. The number of fused-ring (bicyclic) bond motifs is 1. The van der Waals surface area contributed by atoms with E-state index in [1.165, 1.54) is 6.92 Å². The SMILES string of the molecule is CC(=O)OCCCn1cnc2ccccc21. The molecule has 1 heterocycles. The summed E-state index contributed by atoms with van der Waals surface area (Å²) in [5.74, 6) is -0.226. The van der Waals surface area contributed by atoms with E-state index in [4.69, 9.17) is 4.74 Å². The predicted molar refractivity (Wildman–Crippen MR) is 61.0 cm³/mol. The van der Waals surface area contributed by atoms with Crippen LogP contribution >= 0.6 is 0 Å². The van der Waals surface area contributed by atoms with Crippen molar-refractivity contribution >= 4 is 17.0 Å². The average molecular weight is 218 g/mol. The van der Waals surface area contributed by atoms with Crippen LogP contribution < -0.4 is 0 Å². The maximum Gasteiger partial charge on any atom is 0.302 e. The van der Waals surface area contributed by atoms with Gasteiger partial charge in [0, 0.05) is 13.5 Å². The summed E-state index contributed by atoms with van der Waals surface area (Å²) in [7, 11) is 0. The molecule has 0 atom stereocenters. The van der Waals surface area contributed by atoms with E-state index in [0.717, 1.165) is 24.0 Å². The van der Waals surface area contributed by atoms with E-state index in [0.29, 0.717) is 6.61 Å². The molecule has 0 aliphatic rings. The van der Waals surface area contributed by atoms with E-state index >= 15 is 0 Å². The molecule has 4 nitrogen and oxygen atoms in total. The molecule has 16 heavy (non-hydrogen) atoms. The lowest BCUT2D eigenvalue weighted by molar-refractivity contribution is -0.141. The summed E-state index contributed by atoms with van der Waals surface area (Å²) in [6.45, 7) is 2.70. The number of nitrogens with zero attached hydrogens (tertiary/aromatic N) is 2. The number of carbonyl (C=O) groups excluding carboxylic acids is 1. The molecular formula is C12H14N2O2. The lowest BCUT2D eigenvalue weighted by atomic mass is 10.3. The smallest absolute Gasteiger partial charge is 0.302 e. The van der Waals surface area contributed by atoms with Gasteiger partial charge >= 0.3 is 5.97 Å². The number of hydrogen-bond donors (Lipinski definition) is 0. The molecule has 2 rings (SSSR count). The second kappa shape index (κ2) is 4.79. The first-order valence-electron chi connectivity index (χ1n) is 5.30. The minimum atomic E-state index is -0.226. The monoisotopic (exact) mass is 218 g/mol. The highest BCUT2D eigenvalue weighted by atomic mass is 16.5. The van der Waals surface area contributed by atoms with Gasteiger partial charge in [-0.1, -0.05) is 12.1 Å². The summed E-state index contributed by atoms with van der Waals surface area (Å²) in [5.41, 5.74) is 2.11. The van der Waals surface area contributed by atoms with Crippen LogP contribution in [0.15, 0.2) is 30.6 Å².